The summed E-state index contributed by atoms with van der Waals surface area (Å²) in [5.74, 6) is 0.819. The molecule has 1 atom stereocenters. The van der Waals surface area contributed by atoms with Gasteiger partial charge in [0.2, 0.25) is 0 Å². The monoisotopic (exact) mass is 382 g/mol. The minimum atomic E-state index is -4.57. The lowest BCUT2D eigenvalue weighted by Gasteiger charge is -2.38. The van der Waals surface area contributed by atoms with Crippen molar-refractivity contribution in [3.05, 3.63) is 18.0 Å². The third-order valence-electron chi connectivity index (χ3n) is 5.74. The van der Waals surface area contributed by atoms with Gasteiger partial charge in [0.25, 0.3) is 5.82 Å². The molecular weight excluding hydrogens is 357 g/mol. The zero-order valence-electron chi connectivity index (χ0n) is 15.5. The molecule has 1 unspecified atom stereocenters. The van der Waals surface area contributed by atoms with Crippen LogP contribution in [-0.2, 0) is 6.18 Å². The Balaban J connectivity index is 1.48. The summed E-state index contributed by atoms with van der Waals surface area (Å²) in [5.41, 5.74) is 0.113. The minimum Gasteiger partial charge on any atom is -0.355 e. The second-order valence-electron chi connectivity index (χ2n) is 7.92. The standard InChI is InChI=1S/C18H25F3N6/c1-13-6-9-25(10-7-13)11-14-3-2-8-26(12-14)16-5-4-15-22-23-17(18(19,20)21)27(15)24-16/h4-5,13-14H,2-3,6-12H2,1H3. The normalized spacial score (nSPS) is 23.3. The first-order chi connectivity index (χ1) is 12.9. The number of fused-ring (bicyclic) bond motifs is 1. The number of halogens is 3. The van der Waals surface area contributed by atoms with E-state index >= 15 is 0 Å². The van der Waals surface area contributed by atoms with Crippen LogP contribution in [0.4, 0.5) is 19.0 Å². The highest BCUT2D eigenvalue weighted by Gasteiger charge is 2.38. The topological polar surface area (TPSA) is 49.6 Å². The minimum absolute atomic E-state index is 0.113. The van der Waals surface area contributed by atoms with E-state index in [2.05, 4.69) is 32.0 Å². The summed E-state index contributed by atoms with van der Waals surface area (Å²) in [7, 11) is 0. The van der Waals surface area contributed by atoms with Gasteiger partial charge in [0, 0.05) is 19.6 Å². The zero-order chi connectivity index (χ0) is 19.0. The molecule has 2 aliphatic heterocycles. The predicted octanol–water partition coefficient (Wildman–Crippen LogP) is 3.09. The Kier molecular flexibility index (Phi) is 4.96. The summed E-state index contributed by atoms with van der Waals surface area (Å²) < 4.78 is 40.1. The van der Waals surface area contributed by atoms with Crippen LogP contribution in [0, 0.1) is 11.8 Å². The Labute approximate surface area is 156 Å². The van der Waals surface area contributed by atoms with E-state index in [0.29, 0.717) is 11.7 Å². The van der Waals surface area contributed by atoms with Crippen LogP contribution in [0.5, 0.6) is 0 Å². The molecule has 0 bridgehead atoms. The Morgan fingerprint density at radius 1 is 1.07 bits per heavy atom. The number of alkyl halides is 3. The molecule has 4 heterocycles. The number of nitrogens with zero attached hydrogens (tertiary/aromatic N) is 6. The molecule has 2 saturated heterocycles. The third kappa shape index (κ3) is 4.02. The van der Waals surface area contributed by atoms with Crippen molar-refractivity contribution in [2.24, 2.45) is 11.8 Å². The summed E-state index contributed by atoms with van der Waals surface area (Å²) in [6.07, 6.45) is 0.125. The van der Waals surface area contributed by atoms with Crippen molar-refractivity contribution >= 4 is 11.5 Å². The number of hydrogen-bond donors (Lipinski definition) is 0. The Bertz CT molecular complexity index is 781. The fourth-order valence-corrected chi connectivity index (χ4v) is 4.16. The van der Waals surface area contributed by atoms with Crippen LogP contribution in [0.1, 0.15) is 38.4 Å². The van der Waals surface area contributed by atoms with Gasteiger partial charge >= 0.3 is 6.18 Å². The summed E-state index contributed by atoms with van der Waals surface area (Å²) in [4.78, 5) is 4.63. The van der Waals surface area contributed by atoms with Crippen LogP contribution in [0.25, 0.3) is 5.65 Å². The Morgan fingerprint density at radius 3 is 2.59 bits per heavy atom. The maximum absolute atomic E-state index is 13.1. The van der Waals surface area contributed by atoms with Crippen LogP contribution in [-0.4, -0.2) is 57.4 Å². The number of rotatable bonds is 3. The predicted molar refractivity (Wildman–Crippen MR) is 95.6 cm³/mol. The lowest BCUT2D eigenvalue weighted by atomic mass is 9.94. The SMILES string of the molecule is CC1CCN(CC2CCCN(c3ccc4nnc(C(F)(F)F)n4n3)C2)CC1. The van der Waals surface area contributed by atoms with Crippen LogP contribution in [0.3, 0.4) is 0 Å². The molecule has 27 heavy (non-hydrogen) atoms. The molecule has 0 aliphatic carbocycles. The van der Waals surface area contributed by atoms with E-state index in [1.165, 1.54) is 12.8 Å². The van der Waals surface area contributed by atoms with Crippen LogP contribution >= 0.6 is 0 Å². The van der Waals surface area contributed by atoms with Gasteiger partial charge in [-0.2, -0.15) is 17.7 Å². The molecular formula is C18H25F3N6. The van der Waals surface area contributed by atoms with Crippen LogP contribution in [0.2, 0.25) is 0 Å². The van der Waals surface area contributed by atoms with E-state index in [1.807, 2.05) is 0 Å². The maximum atomic E-state index is 13.1. The highest BCUT2D eigenvalue weighted by molar-refractivity contribution is 5.46. The molecule has 0 aromatic carbocycles. The van der Waals surface area contributed by atoms with Crippen LogP contribution < -0.4 is 4.90 Å². The molecule has 0 radical (unpaired) electrons. The molecule has 148 valence electrons. The number of hydrogen-bond acceptors (Lipinski definition) is 5. The molecule has 9 heteroatoms. The summed E-state index contributed by atoms with van der Waals surface area (Å²) in [6, 6.07) is 3.30. The van der Waals surface area contributed by atoms with Gasteiger partial charge in [-0.1, -0.05) is 6.92 Å². The quantitative estimate of drug-likeness (QED) is 0.817. The lowest BCUT2D eigenvalue weighted by molar-refractivity contribution is -0.146. The van der Waals surface area contributed by atoms with Gasteiger partial charge in [-0.25, -0.2) is 0 Å². The molecule has 0 saturated carbocycles. The van der Waals surface area contributed by atoms with Crippen molar-refractivity contribution in [1.29, 1.82) is 0 Å². The second-order valence-corrected chi connectivity index (χ2v) is 7.92. The summed E-state index contributed by atoms with van der Waals surface area (Å²) >= 11 is 0. The van der Waals surface area contributed by atoms with Gasteiger partial charge in [-0.3, -0.25) is 0 Å². The van der Waals surface area contributed by atoms with Gasteiger partial charge in [-0.15, -0.1) is 15.3 Å². The maximum Gasteiger partial charge on any atom is 0.453 e. The van der Waals surface area contributed by atoms with Crippen molar-refractivity contribution in [2.45, 2.75) is 38.8 Å². The average molecular weight is 382 g/mol. The van der Waals surface area contributed by atoms with Gasteiger partial charge < -0.3 is 9.80 Å². The highest BCUT2D eigenvalue weighted by atomic mass is 19.4. The van der Waals surface area contributed by atoms with E-state index in [-0.39, 0.29) is 5.65 Å². The largest absolute Gasteiger partial charge is 0.453 e. The first-order valence-corrected chi connectivity index (χ1v) is 9.67. The lowest BCUT2D eigenvalue weighted by Crippen LogP contribution is -2.43. The molecule has 2 aliphatic rings. The highest BCUT2D eigenvalue weighted by Crippen LogP contribution is 2.29. The average Bonchev–Trinajstić information content (AvgIpc) is 3.07. The fourth-order valence-electron chi connectivity index (χ4n) is 4.16. The number of anilines is 1. The zero-order valence-corrected chi connectivity index (χ0v) is 15.5. The molecule has 0 N–H and O–H groups in total. The van der Waals surface area contributed by atoms with Gasteiger partial charge in [-0.05, 0) is 62.7 Å². The molecule has 2 aromatic rings. The molecule has 0 amide bonds. The Morgan fingerprint density at radius 2 is 1.85 bits per heavy atom. The molecule has 4 rings (SSSR count). The third-order valence-corrected chi connectivity index (χ3v) is 5.74. The number of aromatic nitrogens is 4. The fraction of sp³-hybridized carbons (Fsp3) is 0.722. The summed E-state index contributed by atoms with van der Waals surface area (Å²) in [6.45, 7) is 7.31. The van der Waals surface area contributed by atoms with E-state index < -0.39 is 12.0 Å². The van der Waals surface area contributed by atoms with Crippen molar-refractivity contribution in [2.75, 3.05) is 37.6 Å². The molecule has 2 fully saturated rings. The van der Waals surface area contributed by atoms with E-state index in [0.717, 1.165) is 56.0 Å². The van der Waals surface area contributed by atoms with Crippen molar-refractivity contribution in [1.82, 2.24) is 24.7 Å². The van der Waals surface area contributed by atoms with Gasteiger partial charge in [0.1, 0.15) is 5.82 Å². The molecule has 0 spiro atoms. The first kappa shape index (κ1) is 18.5. The smallest absolute Gasteiger partial charge is 0.355 e. The van der Waals surface area contributed by atoms with Crippen molar-refractivity contribution < 1.29 is 13.2 Å². The number of piperidine rings is 2. The van der Waals surface area contributed by atoms with E-state index in [1.54, 1.807) is 12.1 Å². The van der Waals surface area contributed by atoms with Crippen LogP contribution in [0.15, 0.2) is 12.1 Å². The second kappa shape index (κ2) is 7.26. The van der Waals surface area contributed by atoms with Crippen molar-refractivity contribution in [3.8, 4) is 0 Å². The van der Waals surface area contributed by atoms with Gasteiger partial charge in [0.05, 0.1) is 0 Å². The molecule has 2 aromatic heterocycles. The van der Waals surface area contributed by atoms with E-state index in [4.69, 9.17) is 0 Å². The first-order valence-electron chi connectivity index (χ1n) is 9.67. The van der Waals surface area contributed by atoms with E-state index in [9.17, 15) is 13.2 Å². The summed E-state index contributed by atoms with van der Waals surface area (Å²) in [5, 5.41) is 11.0. The number of likely N-dealkylation sites (tertiary alicyclic amines) is 1. The Hall–Kier alpha value is -1.90. The van der Waals surface area contributed by atoms with Crippen molar-refractivity contribution in [3.63, 3.8) is 0 Å². The van der Waals surface area contributed by atoms with Gasteiger partial charge in [0.15, 0.2) is 5.65 Å². The molecule has 6 nitrogen and oxygen atoms in total.